The topological polar surface area (TPSA) is 33.1 Å². The van der Waals surface area contributed by atoms with Gasteiger partial charge < -0.3 is 4.74 Å². The van der Waals surface area contributed by atoms with E-state index in [-0.39, 0.29) is 0 Å². The summed E-state index contributed by atoms with van der Waals surface area (Å²) in [4.78, 5) is 0. The van der Waals surface area contributed by atoms with Crippen LogP contribution in [-0.4, -0.2) is 17.9 Å². The van der Waals surface area contributed by atoms with E-state index in [1.165, 1.54) is 11.8 Å². The molecule has 0 bridgehead atoms. The Morgan fingerprint density at radius 1 is 1.43 bits per heavy atom. The van der Waals surface area contributed by atoms with E-state index in [0.717, 1.165) is 11.3 Å². The van der Waals surface area contributed by atoms with E-state index in [9.17, 15) is 0 Å². The maximum Gasteiger partial charge on any atom is 0.122 e. The maximum absolute atomic E-state index is 7.44. The van der Waals surface area contributed by atoms with Crippen LogP contribution in [0.15, 0.2) is 24.3 Å². The molecule has 0 spiro atoms. The van der Waals surface area contributed by atoms with Crippen LogP contribution in [0.25, 0.3) is 0 Å². The largest absolute Gasteiger partial charge is 0.493 e. The van der Waals surface area contributed by atoms with Crippen LogP contribution in [0.5, 0.6) is 5.75 Å². The molecule has 1 N–H and O–H groups in total. The third kappa shape index (κ3) is 3.42. The van der Waals surface area contributed by atoms with Gasteiger partial charge in [0.1, 0.15) is 5.75 Å². The Labute approximate surface area is 89.2 Å². The fraction of sp³-hybridized carbons (Fsp3) is 0.364. The van der Waals surface area contributed by atoms with E-state index in [2.05, 4.69) is 0 Å². The summed E-state index contributed by atoms with van der Waals surface area (Å²) in [6.07, 6.45) is 2.60. The van der Waals surface area contributed by atoms with E-state index >= 15 is 0 Å². The van der Waals surface area contributed by atoms with Gasteiger partial charge in [-0.05, 0) is 24.8 Å². The first-order chi connectivity index (χ1) is 6.74. The van der Waals surface area contributed by atoms with Crippen molar-refractivity contribution in [1.82, 2.24) is 0 Å². The summed E-state index contributed by atoms with van der Waals surface area (Å²) in [5, 5.41) is 8.11. The van der Waals surface area contributed by atoms with Gasteiger partial charge in [0.2, 0.25) is 0 Å². The predicted molar refractivity (Wildman–Crippen MR) is 62.5 cm³/mol. The van der Waals surface area contributed by atoms with Gasteiger partial charge >= 0.3 is 0 Å². The van der Waals surface area contributed by atoms with Gasteiger partial charge in [0.25, 0.3) is 0 Å². The molecule has 0 saturated heterocycles. The Hall–Kier alpha value is -0.960. The van der Waals surface area contributed by atoms with E-state index in [1.807, 2.05) is 37.4 Å². The highest BCUT2D eigenvalue weighted by Crippen LogP contribution is 2.16. The lowest BCUT2D eigenvalue weighted by Crippen LogP contribution is -2.02. The molecule has 0 saturated carbocycles. The number of benzene rings is 1. The molecule has 1 aromatic carbocycles. The summed E-state index contributed by atoms with van der Waals surface area (Å²) in [6, 6.07) is 7.93. The highest BCUT2D eigenvalue weighted by Gasteiger charge is 1.98. The quantitative estimate of drug-likeness (QED) is 0.610. The summed E-state index contributed by atoms with van der Waals surface area (Å²) in [7, 11) is 0. The van der Waals surface area contributed by atoms with Gasteiger partial charge in [-0.2, -0.15) is 0 Å². The van der Waals surface area contributed by atoms with Crippen molar-refractivity contribution in [2.24, 2.45) is 0 Å². The van der Waals surface area contributed by atoms with Crippen molar-refractivity contribution >= 4 is 16.8 Å². The lowest BCUT2D eigenvalue weighted by Gasteiger charge is -2.08. The van der Waals surface area contributed by atoms with E-state index in [0.29, 0.717) is 18.1 Å². The number of thioether (sulfide) groups is 1. The standard InChI is InChI=1S/C11H15NOS/c1-9-5-3-4-6-10(9)13-8-7-11(12)14-2/h3-6,12H,7-8H2,1-2H3. The van der Waals surface area contributed by atoms with Crippen LogP contribution in [0, 0.1) is 12.3 Å². The van der Waals surface area contributed by atoms with Crippen LogP contribution < -0.4 is 4.74 Å². The predicted octanol–water partition coefficient (Wildman–Crippen LogP) is 3.10. The molecular weight excluding hydrogens is 194 g/mol. The SMILES string of the molecule is CSC(=N)CCOc1ccccc1C. The molecule has 1 aromatic rings. The Balaban J connectivity index is 2.39. The second-order valence-electron chi connectivity index (χ2n) is 2.99. The highest BCUT2D eigenvalue weighted by molar-refractivity contribution is 8.13. The van der Waals surface area contributed by atoms with Gasteiger partial charge in [0.15, 0.2) is 0 Å². The monoisotopic (exact) mass is 209 g/mol. The average molecular weight is 209 g/mol. The van der Waals surface area contributed by atoms with Gasteiger partial charge in [0, 0.05) is 6.42 Å². The molecule has 0 amide bonds. The minimum atomic E-state index is 0.588. The van der Waals surface area contributed by atoms with Crippen LogP contribution in [0.2, 0.25) is 0 Å². The molecule has 2 nitrogen and oxygen atoms in total. The van der Waals surface area contributed by atoms with Crippen molar-refractivity contribution in [3.8, 4) is 5.75 Å². The van der Waals surface area contributed by atoms with Gasteiger partial charge in [-0.15, -0.1) is 11.8 Å². The fourth-order valence-corrected chi connectivity index (χ4v) is 1.36. The summed E-state index contributed by atoms with van der Waals surface area (Å²) >= 11 is 1.47. The number of hydrogen-bond acceptors (Lipinski definition) is 3. The van der Waals surface area contributed by atoms with E-state index in [1.54, 1.807) is 0 Å². The third-order valence-electron chi connectivity index (χ3n) is 1.93. The second-order valence-corrected chi connectivity index (χ2v) is 3.89. The number of ether oxygens (including phenoxy) is 1. The van der Waals surface area contributed by atoms with Crippen LogP contribution in [0.1, 0.15) is 12.0 Å². The molecule has 14 heavy (non-hydrogen) atoms. The first-order valence-corrected chi connectivity index (χ1v) is 5.76. The fourth-order valence-electron chi connectivity index (χ4n) is 1.07. The minimum absolute atomic E-state index is 0.588. The van der Waals surface area contributed by atoms with Gasteiger partial charge in [-0.1, -0.05) is 18.2 Å². The summed E-state index contributed by atoms with van der Waals surface area (Å²) < 4.78 is 5.56. The lowest BCUT2D eigenvalue weighted by molar-refractivity contribution is 0.327. The third-order valence-corrected chi connectivity index (χ3v) is 2.62. The van der Waals surface area contributed by atoms with Crippen molar-refractivity contribution in [3.63, 3.8) is 0 Å². The Kier molecular flexibility index (Phi) is 4.53. The van der Waals surface area contributed by atoms with Gasteiger partial charge in [-0.25, -0.2) is 0 Å². The van der Waals surface area contributed by atoms with E-state index < -0.39 is 0 Å². The molecule has 0 aliphatic heterocycles. The zero-order chi connectivity index (χ0) is 10.4. The van der Waals surface area contributed by atoms with Gasteiger partial charge in [0.05, 0.1) is 11.7 Å². The molecule has 0 unspecified atom stereocenters. The molecule has 0 fully saturated rings. The van der Waals surface area contributed by atoms with Crippen LogP contribution in [0.3, 0.4) is 0 Å². The summed E-state index contributed by atoms with van der Waals surface area (Å²) in [6.45, 7) is 2.61. The molecule has 0 aromatic heterocycles. The zero-order valence-electron chi connectivity index (χ0n) is 8.54. The van der Waals surface area contributed by atoms with Crippen LogP contribution in [-0.2, 0) is 0 Å². The van der Waals surface area contributed by atoms with Crippen molar-refractivity contribution < 1.29 is 4.74 Å². The number of aryl methyl sites for hydroxylation is 1. The summed E-state index contributed by atoms with van der Waals surface area (Å²) in [5.74, 6) is 0.918. The molecular formula is C11H15NOS. The molecule has 1 rings (SSSR count). The van der Waals surface area contributed by atoms with Crippen molar-refractivity contribution in [1.29, 1.82) is 5.41 Å². The van der Waals surface area contributed by atoms with E-state index in [4.69, 9.17) is 10.1 Å². The molecule has 76 valence electrons. The first-order valence-electron chi connectivity index (χ1n) is 4.54. The molecule has 0 atom stereocenters. The second kappa shape index (κ2) is 5.70. The first kappa shape index (κ1) is 11.1. The number of rotatable bonds is 4. The number of nitrogens with one attached hydrogen (secondary N) is 1. The van der Waals surface area contributed by atoms with Crippen LogP contribution in [0.4, 0.5) is 0 Å². The van der Waals surface area contributed by atoms with Crippen molar-refractivity contribution in [3.05, 3.63) is 29.8 Å². The average Bonchev–Trinajstić information content (AvgIpc) is 2.20. The lowest BCUT2D eigenvalue weighted by atomic mass is 10.2. The number of para-hydroxylation sites is 1. The maximum atomic E-state index is 7.44. The molecule has 0 radical (unpaired) electrons. The number of hydrogen-bond donors (Lipinski definition) is 1. The molecule has 0 heterocycles. The summed E-state index contributed by atoms with van der Waals surface area (Å²) in [5.41, 5.74) is 1.14. The van der Waals surface area contributed by atoms with Gasteiger partial charge in [-0.3, -0.25) is 5.41 Å². The molecule has 0 aliphatic carbocycles. The highest BCUT2D eigenvalue weighted by atomic mass is 32.2. The smallest absolute Gasteiger partial charge is 0.122 e. The Bertz CT molecular complexity index is 312. The Morgan fingerprint density at radius 2 is 2.14 bits per heavy atom. The molecule has 3 heteroatoms. The Morgan fingerprint density at radius 3 is 2.79 bits per heavy atom. The minimum Gasteiger partial charge on any atom is -0.493 e. The van der Waals surface area contributed by atoms with Crippen LogP contribution >= 0.6 is 11.8 Å². The van der Waals surface area contributed by atoms with Crippen molar-refractivity contribution in [2.75, 3.05) is 12.9 Å². The van der Waals surface area contributed by atoms with Crippen molar-refractivity contribution in [2.45, 2.75) is 13.3 Å². The normalized spacial score (nSPS) is 9.86. The zero-order valence-corrected chi connectivity index (χ0v) is 9.36. The molecule has 0 aliphatic rings.